The monoisotopic (exact) mass is 728 g/mol. The molecule has 11 heteroatoms. The summed E-state index contributed by atoms with van der Waals surface area (Å²) in [5, 5.41) is 13.4. The van der Waals surface area contributed by atoms with Crippen LogP contribution in [0.4, 0.5) is 19.0 Å². The Morgan fingerprint density at radius 2 is 1.43 bits per heavy atom. The predicted octanol–water partition coefficient (Wildman–Crippen LogP) is 9.27. The van der Waals surface area contributed by atoms with Crippen molar-refractivity contribution >= 4 is 34.1 Å². The first-order valence-electron chi connectivity index (χ1n) is 17.5. The quantitative estimate of drug-likeness (QED) is 0.145. The molecule has 4 heterocycles. The average Bonchev–Trinajstić information content (AvgIpc) is 3.78. The molecule has 1 fully saturated rings. The molecule has 0 saturated heterocycles. The smallest absolute Gasteiger partial charge is 0.252 e. The van der Waals surface area contributed by atoms with Crippen molar-refractivity contribution in [2.75, 3.05) is 5.32 Å². The van der Waals surface area contributed by atoms with E-state index in [1.807, 2.05) is 109 Å². The number of thiophene rings is 1. The van der Waals surface area contributed by atoms with Gasteiger partial charge in [0, 0.05) is 23.0 Å². The summed E-state index contributed by atoms with van der Waals surface area (Å²) >= 11 is 1.51. The molecule has 3 aromatic carbocycles. The van der Waals surface area contributed by atoms with Crippen LogP contribution in [0.25, 0.3) is 22.4 Å². The third-order valence-electron chi connectivity index (χ3n) is 9.99. The minimum atomic E-state index is -1.15. The molecule has 53 heavy (non-hydrogen) atoms. The molecule has 4 aromatic heterocycles. The SMILES string of the molecule is Cc1sccc1C(=O)N[C@@H]1CCCC(Nc2nc(-c3nn(C(c4ccccc4)(c4ccccc4)c4ccccc4)c4ncc(F)cc34)c(F)cc2F)C1. The molecule has 8 rings (SSSR count). The molecule has 266 valence electrons. The number of carbonyl (C=O) groups excluding carboxylic acids is 1. The maximum atomic E-state index is 16.0. The fourth-order valence-electron chi connectivity index (χ4n) is 7.55. The van der Waals surface area contributed by atoms with Crippen molar-refractivity contribution in [2.24, 2.45) is 0 Å². The van der Waals surface area contributed by atoms with E-state index in [0.717, 1.165) is 46.7 Å². The maximum Gasteiger partial charge on any atom is 0.252 e. The van der Waals surface area contributed by atoms with Crippen LogP contribution in [0.3, 0.4) is 0 Å². The summed E-state index contributed by atoms with van der Waals surface area (Å²) in [6, 6.07) is 32.7. The van der Waals surface area contributed by atoms with Crippen molar-refractivity contribution in [3.05, 3.63) is 165 Å². The molecule has 7 nitrogen and oxygen atoms in total. The largest absolute Gasteiger partial charge is 0.365 e. The molecule has 1 aliphatic rings. The van der Waals surface area contributed by atoms with E-state index < -0.39 is 23.0 Å². The van der Waals surface area contributed by atoms with Crippen molar-refractivity contribution in [3.63, 3.8) is 0 Å². The molecule has 0 aliphatic heterocycles. The second kappa shape index (κ2) is 14.3. The summed E-state index contributed by atoms with van der Waals surface area (Å²) in [6.07, 6.45) is 3.92. The van der Waals surface area contributed by atoms with Gasteiger partial charge in [0.25, 0.3) is 5.91 Å². The van der Waals surface area contributed by atoms with Crippen LogP contribution in [0.5, 0.6) is 0 Å². The third kappa shape index (κ3) is 6.35. The van der Waals surface area contributed by atoms with Crippen LogP contribution in [0.2, 0.25) is 0 Å². The third-order valence-corrected chi connectivity index (χ3v) is 10.8. The van der Waals surface area contributed by atoms with Gasteiger partial charge in [0.2, 0.25) is 0 Å². The van der Waals surface area contributed by atoms with Crippen molar-refractivity contribution in [1.29, 1.82) is 0 Å². The zero-order chi connectivity index (χ0) is 36.5. The van der Waals surface area contributed by atoms with E-state index in [4.69, 9.17) is 5.10 Å². The van der Waals surface area contributed by atoms with Crippen LogP contribution in [0, 0.1) is 24.4 Å². The summed E-state index contributed by atoms with van der Waals surface area (Å²) in [5.74, 6) is -2.75. The van der Waals surface area contributed by atoms with Gasteiger partial charge < -0.3 is 10.6 Å². The molecular weight excluding hydrogens is 694 g/mol. The number of amides is 1. The van der Waals surface area contributed by atoms with Gasteiger partial charge in [-0.15, -0.1) is 11.3 Å². The molecular formula is C42H35F3N6OS. The number of hydrogen-bond donors (Lipinski definition) is 2. The number of benzene rings is 3. The van der Waals surface area contributed by atoms with Gasteiger partial charge in [-0.05, 0) is 66.8 Å². The second-order valence-corrected chi connectivity index (χ2v) is 14.4. The van der Waals surface area contributed by atoms with Crippen LogP contribution in [-0.2, 0) is 5.54 Å². The Labute approximate surface area is 308 Å². The Morgan fingerprint density at radius 3 is 2.04 bits per heavy atom. The van der Waals surface area contributed by atoms with Crippen LogP contribution in [-0.4, -0.2) is 37.7 Å². The summed E-state index contributed by atoms with van der Waals surface area (Å²) in [5.41, 5.74) is 2.05. The first-order chi connectivity index (χ1) is 25.8. The van der Waals surface area contributed by atoms with Gasteiger partial charge in [0.05, 0.1) is 17.1 Å². The number of aryl methyl sites for hydroxylation is 1. The fraction of sp³-hybridized carbons (Fsp3) is 0.190. The topological polar surface area (TPSA) is 84.7 Å². The van der Waals surface area contributed by atoms with Crippen molar-refractivity contribution in [3.8, 4) is 11.4 Å². The highest BCUT2D eigenvalue weighted by Crippen LogP contribution is 2.44. The van der Waals surface area contributed by atoms with Crippen LogP contribution >= 0.6 is 11.3 Å². The van der Waals surface area contributed by atoms with Gasteiger partial charge in [0.15, 0.2) is 23.1 Å². The minimum Gasteiger partial charge on any atom is -0.365 e. The second-order valence-electron chi connectivity index (χ2n) is 13.3. The van der Waals surface area contributed by atoms with E-state index in [9.17, 15) is 4.79 Å². The van der Waals surface area contributed by atoms with E-state index >= 15 is 13.2 Å². The zero-order valence-electron chi connectivity index (χ0n) is 28.8. The van der Waals surface area contributed by atoms with E-state index in [-0.39, 0.29) is 46.2 Å². The molecule has 0 spiro atoms. The van der Waals surface area contributed by atoms with Crippen molar-refractivity contribution in [2.45, 2.75) is 50.2 Å². The number of fused-ring (bicyclic) bond motifs is 1. The van der Waals surface area contributed by atoms with E-state index in [1.54, 1.807) is 4.68 Å². The number of aromatic nitrogens is 4. The standard InChI is InChI=1S/C42H35F3N6OS/c1-26-33(20-21-53-26)41(52)48-32-19-11-18-31(23-32)47-39-36(45)24-35(44)38(49-39)37-34-22-30(43)25-46-40(34)51(50-37)42(27-12-5-2-6-13-27,28-14-7-3-8-15-28)29-16-9-4-10-17-29/h2-10,12-17,20-22,24-25,31-32H,11,18-19,23H2,1H3,(H,47,49)(H,48,52)/t31?,32-/m1/s1. The summed E-state index contributed by atoms with van der Waals surface area (Å²) in [7, 11) is 0. The van der Waals surface area contributed by atoms with Gasteiger partial charge in [-0.1, -0.05) is 91.0 Å². The minimum absolute atomic E-state index is 0.0136. The van der Waals surface area contributed by atoms with E-state index in [1.165, 1.54) is 17.4 Å². The zero-order valence-corrected chi connectivity index (χ0v) is 29.6. The Balaban J connectivity index is 1.24. The fourth-order valence-corrected chi connectivity index (χ4v) is 8.25. The van der Waals surface area contributed by atoms with Gasteiger partial charge >= 0.3 is 0 Å². The number of carbonyl (C=O) groups is 1. The summed E-state index contributed by atoms with van der Waals surface area (Å²) < 4.78 is 48.4. The molecule has 2 atom stereocenters. The average molecular weight is 729 g/mol. The number of anilines is 1. The molecule has 2 N–H and O–H groups in total. The Kier molecular flexibility index (Phi) is 9.26. The first-order valence-corrected chi connectivity index (χ1v) is 18.4. The molecule has 1 amide bonds. The van der Waals surface area contributed by atoms with Gasteiger partial charge in [-0.25, -0.2) is 27.8 Å². The number of nitrogens with zero attached hydrogens (tertiary/aromatic N) is 4. The molecule has 0 bridgehead atoms. The first kappa shape index (κ1) is 34.3. The molecule has 1 aliphatic carbocycles. The lowest BCUT2D eigenvalue weighted by Crippen LogP contribution is -2.42. The van der Waals surface area contributed by atoms with Gasteiger partial charge in [-0.3, -0.25) is 4.79 Å². The van der Waals surface area contributed by atoms with Crippen LogP contribution < -0.4 is 10.6 Å². The van der Waals surface area contributed by atoms with E-state index in [0.29, 0.717) is 18.4 Å². The van der Waals surface area contributed by atoms with E-state index in [2.05, 4.69) is 20.6 Å². The lowest BCUT2D eigenvalue weighted by atomic mass is 9.77. The highest BCUT2D eigenvalue weighted by molar-refractivity contribution is 7.10. The van der Waals surface area contributed by atoms with Crippen LogP contribution in [0.1, 0.15) is 57.6 Å². The number of hydrogen-bond acceptors (Lipinski definition) is 6. The van der Waals surface area contributed by atoms with Crippen LogP contribution in [0.15, 0.2) is 121 Å². The number of halogens is 3. The summed E-state index contributed by atoms with van der Waals surface area (Å²) in [4.78, 5) is 22.9. The van der Waals surface area contributed by atoms with Gasteiger partial charge in [0.1, 0.15) is 22.7 Å². The number of nitrogens with one attached hydrogen (secondary N) is 2. The van der Waals surface area contributed by atoms with Crippen molar-refractivity contribution < 1.29 is 18.0 Å². The molecule has 0 radical (unpaired) electrons. The Hall–Kier alpha value is -5.81. The van der Waals surface area contributed by atoms with Crippen molar-refractivity contribution in [1.82, 2.24) is 25.1 Å². The lowest BCUT2D eigenvalue weighted by molar-refractivity contribution is 0.0926. The summed E-state index contributed by atoms with van der Waals surface area (Å²) in [6.45, 7) is 1.91. The Morgan fingerprint density at radius 1 is 0.811 bits per heavy atom. The highest BCUT2D eigenvalue weighted by atomic mass is 32.1. The molecule has 1 unspecified atom stereocenters. The normalized spacial score (nSPS) is 16.1. The molecule has 1 saturated carbocycles. The predicted molar refractivity (Wildman–Crippen MR) is 201 cm³/mol. The lowest BCUT2D eigenvalue weighted by Gasteiger charge is -2.36. The highest BCUT2D eigenvalue weighted by Gasteiger charge is 2.42. The molecule has 7 aromatic rings. The maximum absolute atomic E-state index is 16.0. The number of pyridine rings is 2. The number of rotatable bonds is 9. The van der Waals surface area contributed by atoms with Gasteiger partial charge in [-0.2, -0.15) is 5.10 Å². The Bertz CT molecular complexity index is 2300.